The Bertz CT molecular complexity index is 1230. The van der Waals surface area contributed by atoms with Crippen molar-refractivity contribution >= 4 is 35.6 Å². The molecule has 4 amide bonds. The molecule has 0 aromatic rings. The van der Waals surface area contributed by atoms with Gasteiger partial charge < -0.3 is 75.6 Å². The molecule has 2 fully saturated rings. The number of carboxylic acid groups (broad SMARTS) is 1. The number of aliphatic hydroxyl groups excluding tert-OH is 5. The summed E-state index contributed by atoms with van der Waals surface area (Å²) in [5, 5.41) is 70.5. The number of hydrogen-bond acceptors (Lipinski definition) is 16. The summed E-state index contributed by atoms with van der Waals surface area (Å²) >= 11 is 0. The Balaban J connectivity index is 2.31. The van der Waals surface area contributed by atoms with Crippen LogP contribution in [0.25, 0.3) is 0 Å². The molecule has 2 rings (SSSR count). The van der Waals surface area contributed by atoms with Crippen molar-refractivity contribution in [2.24, 2.45) is 0 Å². The molecule has 298 valence electrons. The molecule has 0 radical (unpaired) electrons. The van der Waals surface area contributed by atoms with Gasteiger partial charge >= 0.3 is 11.9 Å². The molecule has 10 N–H and O–H groups in total. The van der Waals surface area contributed by atoms with Gasteiger partial charge in [-0.2, -0.15) is 0 Å². The maximum atomic E-state index is 13.3. The molecule has 2 aliphatic heterocycles. The Morgan fingerprint density at radius 2 is 1.42 bits per heavy atom. The van der Waals surface area contributed by atoms with Crippen molar-refractivity contribution in [3.8, 4) is 0 Å². The minimum absolute atomic E-state index is 0.0590. The fraction of sp³-hybridized carbons (Fsp3) is 0.806. The first-order chi connectivity index (χ1) is 24.4. The van der Waals surface area contributed by atoms with Gasteiger partial charge in [-0.1, -0.05) is 13.3 Å². The summed E-state index contributed by atoms with van der Waals surface area (Å²) in [5.41, 5.74) is 0. The first-order valence-electron chi connectivity index (χ1n) is 16.9. The molecule has 0 aromatic carbocycles. The Morgan fingerprint density at radius 3 is 1.98 bits per heavy atom. The van der Waals surface area contributed by atoms with Gasteiger partial charge in [0.2, 0.25) is 23.6 Å². The van der Waals surface area contributed by atoms with Crippen molar-refractivity contribution in [3.05, 3.63) is 0 Å². The standard InChI is InChI=1S/C31H52N4O17/c1-6-7-10-48-29(46)17(8-9-20(40)41)35-27(44)13(2)32-28(45)14(3)49-26-22(34-16(5)39)30(47)50-19(12-37)25(26)52-31-21(33-15(4)38)24(43)23(42)18(11-36)51-31/h13-14,17-19,21-26,30-31,36-37,42-43,47H,6-12H2,1-5H3,(H,32,45)(H,33,38)(H,34,39)(H,35,44)(H,40,41)/t13-,14+,17+,18+,19+,21+,22+,23+,24+,25+,26+,30?,31-/m0/s1. The van der Waals surface area contributed by atoms with Crippen LogP contribution in [0.1, 0.15) is 60.3 Å². The zero-order valence-electron chi connectivity index (χ0n) is 29.6. The number of ether oxygens (including phenoxy) is 5. The van der Waals surface area contributed by atoms with E-state index in [1.165, 1.54) is 13.8 Å². The van der Waals surface area contributed by atoms with Crippen LogP contribution in [0.3, 0.4) is 0 Å². The van der Waals surface area contributed by atoms with Crippen LogP contribution < -0.4 is 21.3 Å². The maximum absolute atomic E-state index is 13.3. The summed E-state index contributed by atoms with van der Waals surface area (Å²) in [5.74, 6) is -5.18. The molecule has 0 bridgehead atoms. The number of nitrogens with one attached hydrogen (secondary N) is 4. The number of aliphatic hydroxyl groups is 5. The highest BCUT2D eigenvalue weighted by Crippen LogP contribution is 2.31. The Morgan fingerprint density at radius 1 is 0.808 bits per heavy atom. The van der Waals surface area contributed by atoms with Crippen LogP contribution in [0.5, 0.6) is 0 Å². The molecule has 2 saturated heterocycles. The molecule has 0 aliphatic carbocycles. The van der Waals surface area contributed by atoms with Crippen LogP contribution in [0.4, 0.5) is 0 Å². The van der Waals surface area contributed by atoms with E-state index in [9.17, 15) is 54.3 Å². The van der Waals surface area contributed by atoms with Gasteiger partial charge in [0.1, 0.15) is 66.9 Å². The molecule has 2 aliphatic rings. The molecule has 0 saturated carbocycles. The number of amides is 4. The van der Waals surface area contributed by atoms with Gasteiger partial charge in [0, 0.05) is 20.3 Å². The number of rotatable bonds is 19. The van der Waals surface area contributed by atoms with Crippen LogP contribution >= 0.6 is 0 Å². The predicted octanol–water partition coefficient (Wildman–Crippen LogP) is -4.50. The fourth-order valence-electron chi connectivity index (χ4n) is 5.45. The van der Waals surface area contributed by atoms with Gasteiger partial charge in [0.25, 0.3) is 0 Å². The second kappa shape index (κ2) is 21.2. The monoisotopic (exact) mass is 752 g/mol. The first kappa shape index (κ1) is 44.6. The van der Waals surface area contributed by atoms with Crippen molar-refractivity contribution < 1.29 is 83.1 Å². The lowest BCUT2D eigenvalue weighted by Crippen LogP contribution is -2.70. The van der Waals surface area contributed by atoms with Gasteiger partial charge in [0.15, 0.2) is 12.6 Å². The lowest BCUT2D eigenvalue weighted by Gasteiger charge is -2.48. The molecule has 13 atom stereocenters. The topological polar surface area (TPSA) is 318 Å². The van der Waals surface area contributed by atoms with Crippen molar-refractivity contribution in [1.29, 1.82) is 0 Å². The van der Waals surface area contributed by atoms with Crippen LogP contribution in [0.15, 0.2) is 0 Å². The largest absolute Gasteiger partial charge is 0.481 e. The molecule has 52 heavy (non-hydrogen) atoms. The van der Waals surface area contributed by atoms with E-state index in [0.29, 0.717) is 6.42 Å². The van der Waals surface area contributed by atoms with E-state index < -0.39 is 135 Å². The third kappa shape index (κ3) is 12.8. The first-order valence-corrected chi connectivity index (χ1v) is 16.9. The Labute approximate surface area is 299 Å². The summed E-state index contributed by atoms with van der Waals surface area (Å²) in [6, 6.07) is -5.56. The lowest BCUT2D eigenvalue weighted by atomic mass is 9.94. The van der Waals surface area contributed by atoms with Gasteiger partial charge in [0.05, 0.1) is 19.8 Å². The highest BCUT2D eigenvalue weighted by Gasteiger charge is 2.53. The van der Waals surface area contributed by atoms with E-state index in [-0.39, 0.29) is 13.0 Å². The Hall–Kier alpha value is -3.54. The van der Waals surface area contributed by atoms with Crippen LogP contribution in [-0.4, -0.2) is 166 Å². The molecule has 21 heteroatoms. The second-order valence-corrected chi connectivity index (χ2v) is 12.5. The zero-order chi connectivity index (χ0) is 39.3. The van der Waals surface area contributed by atoms with Crippen molar-refractivity contribution in [3.63, 3.8) is 0 Å². The summed E-state index contributed by atoms with van der Waals surface area (Å²) in [4.78, 5) is 74.1. The summed E-state index contributed by atoms with van der Waals surface area (Å²) in [7, 11) is 0. The minimum atomic E-state index is -1.83. The maximum Gasteiger partial charge on any atom is 0.328 e. The SMILES string of the molecule is CCCCOC(=O)[C@@H](CCC(=O)O)NC(=O)[C@H](C)NC(=O)[C@@H](C)O[C@H]1[C@H](O[C@@H]2O[C@H](CO)[C@@H](O)[C@H](O)[C@H]2NC(C)=O)[C@@H](CO)OC(O)[C@@H]1NC(C)=O. The van der Waals surface area contributed by atoms with Crippen molar-refractivity contribution in [2.45, 2.75) is 140 Å². The molecule has 21 nitrogen and oxygen atoms in total. The second-order valence-electron chi connectivity index (χ2n) is 12.5. The highest BCUT2D eigenvalue weighted by atomic mass is 16.7. The molecule has 2 heterocycles. The Kier molecular flexibility index (Phi) is 18.2. The van der Waals surface area contributed by atoms with E-state index in [2.05, 4.69) is 21.3 Å². The predicted molar refractivity (Wildman–Crippen MR) is 172 cm³/mol. The number of esters is 1. The highest BCUT2D eigenvalue weighted by molar-refractivity contribution is 5.91. The molecule has 0 aromatic heterocycles. The van der Waals surface area contributed by atoms with Gasteiger partial charge in [-0.25, -0.2) is 4.79 Å². The van der Waals surface area contributed by atoms with Crippen LogP contribution in [0, 0.1) is 0 Å². The van der Waals surface area contributed by atoms with Crippen LogP contribution in [0.2, 0.25) is 0 Å². The van der Waals surface area contributed by atoms with E-state index in [0.717, 1.165) is 20.3 Å². The summed E-state index contributed by atoms with van der Waals surface area (Å²) in [6.07, 6.45) is -13.8. The summed E-state index contributed by atoms with van der Waals surface area (Å²) in [6.45, 7) is 5.06. The van der Waals surface area contributed by atoms with Crippen molar-refractivity contribution in [2.75, 3.05) is 19.8 Å². The molecular formula is C31H52N4O17. The normalized spacial score (nSPS) is 30.6. The average Bonchev–Trinajstić information content (AvgIpc) is 3.07. The number of unbranched alkanes of at least 4 members (excludes halogenated alkanes) is 1. The van der Waals surface area contributed by atoms with Crippen LogP contribution in [-0.2, 0) is 52.5 Å². The van der Waals surface area contributed by atoms with Gasteiger partial charge in [-0.15, -0.1) is 0 Å². The zero-order valence-corrected chi connectivity index (χ0v) is 29.6. The van der Waals surface area contributed by atoms with Crippen molar-refractivity contribution in [1.82, 2.24) is 21.3 Å². The smallest absolute Gasteiger partial charge is 0.328 e. The van der Waals surface area contributed by atoms with Gasteiger partial charge in [-0.05, 0) is 26.7 Å². The van der Waals surface area contributed by atoms with E-state index in [4.69, 9.17) is 28.8 Å². The number of carbonyl (C=O) groups is 6. The number of hydrogen-bond donors (Lipinski definition) is 10. The fourth-order valence-corrected chi connectivity index (χ4v) is 5.45. The van der Waals surface area contributed by atoms with Gasteiger partial charge in [-0.3, -0.25) is 24.0 Å². The van der Waals surface area contributed by atoms with E-state index >= 15 is 0 Å². The van der Waals surface area contributed by atoms with E-state index in [1.807, 2.05) is 6.92 Å². The number of carboxylic acids is 1. The lowest BCUT2D eigenvalue weighted by molar-refractivity contribution is -0.333. The third-order valence-corrected chi connectivity index (χ3v) is 8.23. The average molecular weight is 753 g/mol. The van der Waals surface area contributed by atoms with E-state index in [1.54, 1.807) is 0 Å². The molecular weight excluding hydrogens is 700 g/mol. The molecule has 0 spiro atoms. The number of carbonyl (C=O) groups excluding carboxylic acids is 5. The molecule has 1 unspecified atom stereocenters. The summed E-state index contributed by atoms with van der Waals surface area (Å²) < 4.78 is 28.2. The minimum Gasteiger partial charge on any atom is -0.481 e. The number of aliphatic carboxylic acids is 1. The third-order valence-electron chi connectivity index (χ3n) is 8.23. The quantitative estimate of drug-likeness (QED) is 0.0439.